The molecule has 0 bridgehead atoms. The van der Waals surface area contributed by atoms with Crippen molar-refractivity contribution >= 4 is 23.9 Å². The third-order valence-corrected chi connectivity index (χ3v) is 2.88. The second-order valence-electron chi connectivity index (χ2n) is 5.32. The molecule has 0 aliphatic rings. The molecule has 21 heavy (non-hydrogen) atoms. The topological polar surface area (TPSA) is 113 Å². The molecule has 8 nitrogen and oxygen atoms in total. The Bertz CT molecular complexity index is 419. The number of amides is 3. The molecule has 0 aromatic carbocycles. The van der Waals surface area contributed by atoms with E-state index in [0.29, 0.717) is 6.42 Å². The smallest absolute Gasteiger partial charge is 0.323 e. The van der Waals surface area contributed by atoms with Crippen molar-refractivity contribution in [3.8, 4) is 0 Å². The number of imide groups is 1. The molecule has 120 valence electrons. The van der Waals surface area contributed by atoms with Crippen LogP contribution in [0.1, 0.15) is 33.1 Å². The van der Waals surface area contributed by atoms with E-state index in [-0.39, 0.29) is 25.4 Å². The average molecular weight is 302 g/mol. The fourth-order valence-electron chi connectivity index (χ4n) is 1.40. The lowest BCUT2D eigenvalue weighted by molar-refractivity contribution is -0.149. The van der Waals surface area contributed by atoms with Crippen molar-refractivity contribution in [3.63, 3.8) is 0 Å². The van der Waals surface area contributed by atoms with Gasteiger partial charge in [-0.1, -0.05) is 0 Å². The lowest BCUT2D eigenvalue weighted by Crippen LogP contribution is -2.43. The van der Waals surface area contributed by atoms with Crippen LogP contribution in [-0.2, 0) is 19.1 Å². The van der Waals surface area contributed by atoms with Gasteiger partial charge in [0.1, 0.15) is 0 Å². The first kappa shape index (κ1) is 18.9. The summed E-state index contributed by atoms with van der Waals surface area (Å²) in [6.07, 6.45) is 0.281. The Labute approximate surface area is 123 Å². The minimum atomic E-state index is -1.24. The molecule has 8 heteroatoms. The Morgan fingerprint density at radius 1 is 1.24 bits per heavy atom. The van der Waals surface area contributed by atoms with Gasteiger partial charge in [0.25, 0.3) is 0 Å². The first-order chi connectivity index (χ1) is 9.60. The minimum Gasteiger partial charge on any atom is -0.481 e. The third kappa shape index (κ3) is 7.28. The molecule has 0 unspecified atom stereocenters. The normalized spacial score (nSPS) is 10.7. The SMILES string of the molecule is COC(=O)CCCN(C)C(=O)NC(=O)CC(C)(C)C(=O)O. The van der Waals surface area contributed by atoms with Crippen LogP contribution in [0.3, 0.4) is 0 Å². The van der Waals surface area contributed by atoms with Crippen LogP contribution in [0.15, 0.2) is 0 Å². The second-order valence-corrected chi connectivity index (χ2v) is 5.32. The van der Waals surface area contributed by atoms with Crippen LogP contribution in [0, 0.1) is 5.41 Å². The molecular formula is C13H22N2O6. The quantitative estimate of drug-likeness (QED) is 0.666. The van der Waals surface area contributed by atoms with E-state index in [1.165, 1.54) is 32.9 Å². The average Bonchev–Trinajstić information content (AvgIpc) is 2.37. The van der Waals surface area contributed by atoms with Crippen LogP contribution < -0.4 is 5.32 Å². The predicted octanol–water partition coefficient (Wildman–Crippen LogP) is 0.608. The van der Waals surface area contributed by atoms with E-state index in [0.717, 1.165) is 0 Å². The molecule has 0 aliphatic heterocycles. The fraction of sp³-hybridized carbons (Fsp3) is 0.692. The number of urea groups is 1. The molecule has 0 atom stereocenters. The summed E-state index contributed by atoms with van der Waals surface area (Å²) in [6, 6.07) is -0.633. The molecule has 0 spiro atoms. The number of ether oxygens (including phenoxy) is 1. The molecule has 3 amide bonds. The summed E-state index contributed by atoms with van der Waals surface area (Å²) >= 11 is 0. The van der Waals surface area contributed by atoms with Crippen LogP contribution >= 0.6 is 0 Å². The van der Waals surface area contributed by atoms with Crippen molar-refractivity contribution in [2.45, 2.75) is 33.1 Å². The zero-order valence-corrected chi connectivity index (χ0v) is 12.8. The molecule has 0 fully saturated rings. The van der Waals surface area contributed by atoms with Gasteiger partial charge in [-0.05, 0) is 20.3 Å². The number of nitrogens with one attached hydrogen (secondary N) is 1. The molecule has 0 saturated heterocycles. The number of carboxylic acid groups (broad SMARTS) is 1. The Morgan fingerprint density at radius 3 is 2.29 bits per heavy atom. The molecule has 0 aromatic heterocycles. The highest BCUT2D eigenvalue weighted by atomic mass is 16.5. The lowest BCUT2D eigenvalue weighted by atomic mass is 9.89. The zero-order valence-electron chi connectivity index (χ0n) is 12.8. The van der Waals surface area contributed by atoms with E-state index in [1.807, 2.05) is 0 Å². The molecule has 0 heterocycles. The molecule has 0 aromatic rings. The van der Waals surface area contributed by atoms with E-state index in [2.05, 4.69) is 10.1 Å². The van der Waals surface area contributed by atoms with Crippen molar-refractivity contribution in [2.24, 2.45) is 5.41 Å². The van der Waals surface area contributed by atoms with Crippen LogP contribution in [0.5, 0.6) is 0 Å². The van der Waals surface area contributed by atoms with Crippen LogP contribution in [0.25, 0.3) is 0 Å². The summed E-state index contributed by atoms with van der Waals surface area (Å²) in [7, 11) is 2.75. The predicted molar refractivity (Wildman–Crippen MR) is 73.5 cm³/mol. The standard InChI is InChI=1S/C13H22N2O6/c1-13(2,11(18)19)8-9(16)14-12(20)15(3)7-5-6-10(17)21-4/h5-8H2,1-4H3,(H,18,19)(H,14,16,20). The van der Waals surface area contributed by atoms with Gasteiger partial charge >= 0.3 is 18.0 Å². The van der Waals surface area contributed by atoms with Crippen molar-refractivity contribution in [3.05, 3.63) is 0 Å². The van der Waals surface area contributed by atoms with Gasteiger partial charge in [0.2, 0.25) is 5.91 Å². The number of hydrogen-bond acceptors (Lipinski definition) is 5. The number of methoxy groups -OCH3 is 1. The Kier molecular flexibility index (Phi) is 7.40. The summed E-state index contributed by atoms with van der Waals surface area (Å²) in [6.45, 7) is 3.08. The number of carbonyl (C=O) groups excluding carboxylic acids is 3. The fourth-order valence-corrected chi connectivity index (χ4v) is 1.40. The first-order valence-electron chi connectivity index (χ1n) is 6.45. The van der Waals surface area contributed by atoms with Gasteiger partial charge in [0.05, 0.1) is 12.5 Å². The van der Waals surface area contributed by atoms with Crippen LogP contribution in [-0.4, -0.2) is 54.6 Å². The Morgan fingerprint density at radius 2 is 1.81 bits per heavy atom. The summed E-state index contributed by atoms with van der Waals surface area (Å²) in [4.78, 5) is 46.3. The number of carbonyl (C=O) groups is 4. The number of esters is 1. The van der Waals surface area contributed by atoms with Crippen molar-refractivity contribution in [1.29, 1.82) is 0 Å². The van der Waals surface area contributed by atoms with E-state index < -0.39 is 23.3 Å². The summed E-state index contributed by atoms with van der Waals surface area (Å²) in [5.74, 6) is -2.15. The molecule has 0 saturated carbocycles. The zero-order chi connectivity index (χ0) is 16.6. The van der Waals surface area contributed by atoms with Crippen molar-refractivity contribution in [2.75, 3.05) is 20.7 Å². The van der Waals surface area contributed by atoms with E-state index in [9.17, 15) is 19.2 Å². The highest BCUT2D eigenvalue weighted by molar-refractivity contribution is 5.96. The van der Waals surface area contributed by atoms with Crippen molar-refractivity contribution in [1.82, 2.24) is 10.2 Å². The molecule has 0 aliphatic carbocycles. The maximum Gasteiger partial charge on any atom is 0.323 e. The van der Waals surface area contributed by atoms with Crippen molar-refractivity contribution < 1.29 is 29.0 Å². The van der Waals surface area contributed by atoms with Gasteiger partial charge in [-0.25, -0.2) is 4.79 Å². The number of carboxylic acids is 1. The molecule has 0 rings (SSSR count). The summed E-state index contributed by atoms with van der Waals surface area (Å²) in [5, 5.41) is 11.0. The maximum absolute atomic E-state index is 11.7. The first-order valence-corrected chi connectivity index (χ1v) is 6.45. The second kappa shape index (κ2) is 8.23. The Hall–Kier alpha value is -2.12. The van der Waals surface area contributed by atoms with Gasteiger partial charge in [0.15, 0.2) is 0 Å². The number of rotatable bonds is 7. The number of aliphatic carboxylic acids is 1. The van der Waals surface area contributed by atoms with Crippen LogP contribution in [0.4, 0.5) is 4.79 Å². The maximum atomic E-state index is 11.7. The largest absolute Gasteiger partial charge is 0.481 e. The lowest BCUT2D eigenvalue weighted by Gasteiger charge is -2.20. The number of nitrogens with zero attached hydrogens (tertiary/aromatic N) is 1. The van der Waals surface area contributed by atoms with Gasteiger partial charge in [-0.15, -0.1) is 0 Å². The van der Waals surface area contributed by atoms with Gasteiger partial charge < -0.3 is 14.7 Å². The molecule has 2 N–H and O–H groups in total. The summed E-state index contributed by atoms with van der Waals surface area (Å²) in [5.41, 5.74) is -1.24. The van der Waals surface area contributed by atoms with Gasteiger partial charge in [-0.3, -0.25) is 19.7 Å². The monoisotopic (exact) mass is 302 g/mol. The van der Waals surface area contributed by atoms with Gasteiger partial charge in [0, 0.05) is 26.4 Å². The van der Waals surface area contributed by atoms with Crippen LogP contribution in [0.2, 0.25) is 0 Å². The number of hydrogen-bond donors (Lipinski definition) is 2. The van der Waals surface area contributed by atoms with Gasteiger partial charge in [-0.2, -0.15) is 0 Å². The van der Waals surface area contributed by atoms with E-state index in [4.69, 9.17) is 5.11 Å². The highest BCUT2D eigenvalue weighted by Crippen LogP contribution is 2.19. The summed E-state index contributed by atoms with van der Waals surface area (Å²) < 4.78 is 4.47. The third-order valence-electron chi connectivity index (χ3n) is 2.88. The van der Waals surface area contributed by atoms with E-state index in [1.54, 1.807) is 0 Å². The highest BCUT2D eigenvalue weighted by Gasteiger charge is 2.30. The molecular weight excluding hydrogens is 280 g/mol. The minimum absolute atomic E-state index is 0.175. The molecule has 0 radical (unpaired) electrons. The van der Waals surface area contributed by atoms with E-state index >= 15 is 0 Å². The Balaban J connectivity index is 4.20.